The molecule has 0 bridgehead atoms. The second-order valence-electron chi connectivity index (χ2n) is 21.0. The molecule has 4 aliphatic heterocycles. The SMILES string of the molecule is CC(C)(C)OC(=O)NC1CC(=O)N(c2ccc(B3OC(C)(C)C(C)(C)O3)cc2)C1.CC(C)(C)OC(=O)NC1CC(=O)N(c2ccc(Br)cc2)C1.Nc1ccc(Br)cc1.O=C(O)C1CC(=O)N(c2ccc(Br)cc2)C1. The number of carboxylic acid groups (broad SMARTS) is 1. The number of alkyl carbamates (subject to hydrolysis) is 2. The maximum Gasteiger partial charge on any atom is 0.494 e. The van der Waals surface area contributed by atoms with E-state index in [2.05, 4.69) is 58.4 Å². The first-order valence-electron chi connectivity index (χ1n) is 24.0. The molecule has 0 radical (unpaired) electrons. The van der Waals surface area contributed by atoms with Gasteiger partial charge in [0.25, 0.3) is 0 Å². The summed E-state index contributed by atoms with van der Waals surface area (Å²) in [6.45, 7) is 20.0. The number of rotatable bonds is 7. The maximum atomic E-state index is 12.4. The summed E-state index contributed by atoms with van der Waals surface area (Å²) in [6, 6.07) is 29.4. The van der Waals surface area contributed by atoms with Crippen LogP contribution in [-0.4, -0.2) is 102 Å². The lowest BCUT2D eigenvalue weighted by atomic mass is 9.79. The molecule has 4 heterocycles. The van der Waals surface area contributed by atoms with Gasteiger partial charge in [0.1, 0.15) is 11.2 Å². The molecule has 0 aliphatic carbocycles. The first-order valence-corrected chi connectivity index (χ1v) is 26.4. The van der Waals surface area contributed by atoms with Crippen LogP contribution >= 0.6 is 47.8 Å². The highest BCUT2D eigenvalue weighted by Crippen LogP contribution is 2.37. The van der Waals surface area contributed by atoms with Crippen LogP contribution in [-0.2, 0) is 38.0 Å². The highest BCUT2D eigenvalue weighted by Gasteiger charge is 2.51. The van der Waals surface area contributed by atoms with Crippen LogP contribution in [0.1, 0.15) is 88.5 Å². The normalized spacial score (nSPS) is 19.9. The molecule has 4 saturated heterocycles. The fraction of sp³-hybridized carbons (Fsp3) is 0.434. The van der Waals surface area contributed by atoms with Crippen LogP contribution in [0, 0.1) is 5.92 Å². The molecular formula is C53H66BBr3N6O11. The Kier molecular flexibility index (Phi) is 20.0. The minimum absolute atomic E-state index is 0.00150. The molecule has 4 aromatic rings. The predicted octanol–water partition coefficient (Wildman–Crippen LogP) is 9.61. The zero-order valence-corrected chi connectivity index (χ0v) is 48.1. The van der Waals surface area contributed by atoms with Gasteiger partial charge in [-0.25, -0.2) is 9.59 Å². The second kappa shape index (κ2) is 24.9. The zero-order valence-electron chi connectivity index (χ0n) is 43.4. The van der Waals surface area contributed by atoms with E-state index < -0.39 is 53.6 Å². The average molecular weight is 1210 g/mol. The summed E-state index contributed by atoms with van der Waals surface area (Å²) < 4.78 is 25.6. The average Bonchev–Trinajstić information content (AvgIpc) is 4.03. The van der Waals surface area contributed by atoms with Crippen molar-refractivity contribution in [2.24, 2.45) is 5.92 Å². The third kappa shape index (κ3) is 17.6. The number of carbonyl (C=O) groups is 6. The number of ether oxygens (including phenoxy) is 2. The van der Waals surface area contributed by atoms with Crippen molar-refractivity contribution < 1.29 is 52.7 Å². The molecule has 5 N–H and O–H groups in total. The number of amides is 5. The highest BCUT2D eigenvalue weighted by molar-refractivity contribution is 9.11. The summed E-state index contributed by atoms with van der Waals surface area (Å²) in [5.74, 6) is -1.66. The van der Waals surface area contributed by atoms with Gasteiger partial charge >= 0.3 is 25.3 Å². The van der Waals surface area contributed by atoms with E-state index in [1.54, 1.807) is 63.5 Å². The molecule has 4 aromatic carbocycles. The van der Waals surface area contributed by atoms with Gasteiger partial charge in [-0.15, -0.1) is 0 Å². The zero-order chi connectivity index (χ0) is 54.9. The molecule has 4 aliphatic rings. The fourth-order valence-electron chi connectivity index (χ4n) is 7.67. The Hall–Kier alpha value is -5.48. The van der Waals surface area contributed by atoms with Crippen molar-refractivity contribution in [1.82, 2.24) is 10.6 Å². The molecule has 21 heteroatoms. The molecule has 4 fully saturated rings. The monoisotopic (exact) mass is 1210 g/mol. The number of nitrogens with two attached hydrogens (primary N) is 1. The van der Waals surface area contributed by atoms with E-state index in [1.165, 1.54) is 4.90 Å². The molecule has 3 unspecified atom stereocenters. The predicted molar refractivity (Wildman–Crippen MR) is 297 cm³/mol. The number of aliphatic carboxylic acids is 1. The van der Waals surface area contributed by atoms with E-state index in [-0.39, 0.29) is 55.6 Å². The number of nitrogens with zero attached hydrogens (tertiary/aromatic N) is 3. The Morgan fingerprint density at radius 2 is 0.905 bits per heavy atom. The number of benzene rings is 4. The summed E-state index contributed by atoms with van der Waals surface area (Å²) in [7, 11) is -0.440. The summed E-state index contributed by atoms with van der Waals surface area (Å²) in [4.78, 5) is 75.5. The van der Waals surface area contributed by atoms with Crippen molar-refractivity contribution in [2.75, 3.05) is 40.1 Å². The van der Waals surface area contributed by atoms with Crippen molar-refractivity contribution in [3.63, 3.8) is 0 Å². The molecule has 398 valence electrons. The highest BCUT2D eigenvalue weighted by atomic mass is 79.9. The third-order valence-electron chi connectivity index (χ3n) is 12.0. The topological polar surface area (TPSA) is 219 Å². The van der Waals surface area contributed by atoms with Crippen LogP contribution in [0.5, 0.6) is 0 Å². The molecule has 8 rings (SSSR count). The molecular weight excluding hydrogens is 1150 g/mol. The van der Waals surface area contributed by atoms with E-state index in [1.807, 2.05) is 113 Å². The van der Waals surface area contributed by atoms with Crippen molar-refractivity contribution in [1.29, 1.82) is 0 Å². The van der Waals surface area contributed by atoms with Crippen molar-refractivity contribution in [2.45, 2.75) is 123 Å². The van der Waals surface area contributed by atoms with Gasteiger partial charge in [-0.05, 0) is 160 Å². The van der Waals surface area contributed by atoms with Crippen LogP contribution in [0.3, 0.4) is 0 Å². The summed E-state index contributed by atoms with van der Waals surface area (Å²) in [6.07, 6.45) is -0.370. The molecule has 17 nitrogen and oxygen atoms in total. The van der Waals surface area contributed by atoms with Crippen molar-refractivity contribution in [3.05, 3.63) is 110 Å². The van der Waals surface area contributed by atoms with Crippen LogP contribution in [0.4, 0.5) is 32.3 Å². The molecule has 0 spiro atoms. The minimum atomic E-state index is -0.909. The van der Waals surface area contributed by atoms with E-state index in [0.717, 1.165) is 41.6 Å². The van der Waals surface area contributed by atoms with Gasteiger partial charge in [-0.1, -0.05) is 59.9 Å². The van der Waals surface area contributed by atoms with Crippen LogP contribution in [0.15, 0.2) is 110 Å². The standard InChI is InChI=1S/C21H31BN2O5.C15H19BrN2O3.C11H10BrNO3.C6H6BrN/c1-19(2,3)27-18(26)23-15-12-17(25)24(13-15)16-10-8-14(9-11-16)22-28-20(4,5)21(6,7)29-22;1-15(2,3)21-14(20)17-11-8-13(19)18(9-11)12-6-4-10(16)5-7-12;12-8-1-3-9(4-2-8)13-6-7(11(15)16)5-10(13)14;7-5-1-3-6(8)4-2-5/h8-11,15H,12-13H2,1-7H3,(H,23,26);4-7,11H,8-9H2,1-3H3,(H,17,20);1-4,7H,5-6H2,(H,15,16);1-4H,8H2. The van der Waals surface area contributed by atoms with E-state index in [4.69, 9.17) is 29.6 Å². The number of nitrogens with one attached hydrogen (secondary N) is 2. The molecule has 3 atom stereocenters. The Labute approximate surface area is 459 Å². The smallest absolute Gasteiger partial charge is 0.481 e. The first-order chi connectivity index (χ1) is 34.4. The van der Waals surface area contributed by atoms with E-state index in [9.17, 15) is 28.8 Å². The van der Waals surface area contributed by atoms with Gasteiger partial charge in [0.05, 0.1) is 29.2 Å². The van der Waals surface area contributed by atoms with Gasteiger partial charge in [0.15, 0.2) is 0 Å². The number of carboxylic acids is 1. The number of halogens is 3. The lowest BCUT2D eigenvalue weighted by Gasteiger charge is -2.32. The van der Waals surface area contributed by atoms with Crippen LogP contribution in [0.2, 0.25) is 0 Å². The minimum Gasteiger partial charge on any atom is -0.481 e. The van der Waals surface area contributed by atoms with Crippen LogP contribution < -0.4 is 36.5 Å². The van der Waals surface area contributed by atoms with Crippen LogP contribution in [0.25, 0.3) is 0 Å². The third-order valence-corrected chi connectivity index (χ3v) is 13.6. The number of hydrogen-bond donors (Lipinski definition) is 4. The molecule has 0 aromatic heterocycles. The Balaban J connectivity index is 0.000000197. The fourth-order valence-corrected chi connectivity index (χ4v) is 8.47. The van der Waals surface area contributed by atoms with E-state index in [0.29, 0.717) is 13.1 Å². The first kappa shape index (κ1) is 59.4. The van der Waals surface area contributed by atoms with Gasteiger partial charge in [0, 0.05) is 75.1 Å². The number of carbonyl (C=O) groups excluding carboxylic acids is 5. The lowest BCUT2D eigenvalue weighted by Crippen LogP contribution is -2.41. The van der Waals surface area contributed by atoms with Gasteiger partial charge in [-0.2, -0.15) is 0 Å². The van der Waals surface area contributed by atoms with Gasteiger partial charge < -0.3 is 55.0 Å². The number of hydrogen-bond acceptors (Lipinski definition) is 11. The molecule has 5 amide bonds. The van der Waals surface area contributed by atoms with Crippen molar-refractivity contribution >= 4 is 119 Å². The second-order valence-corrected chi connectivity index (χ2v) is 23.8. The summed E-state index contributed by atoms with van der Waals surface area (Å²) in [5, 5.41) is 14.4. The Morgan fingerprint density at radius 1 is 0.581 bits per heavy atom. The van der Waals surface area contributed by atoms with Gasteiger partial charge in [0.2, 0.25) is 17.7 Å². The summed E-state index contributed by atoms with van der Waals surface area (Å²) >= 11 is 9.96. The van der Waals surface area contributed by atoms with Gasteiger partial charge in [-0.3, -0.25) is 19.2 Å². The Bertz CT molecular complexity index is 2570. The van der Waals surface area contributed by atoms with E-state index >= 15 is 0 Å². The Morgan fingerprint density at radius 3 is 1.23 bits per heavy atom. The molecule has 74 heavy (non-hydrogen) atoms. The maximum absolute atomic E-state index is 12.4. The summed E-state index contributed by atoms with van der Waals surface area (Å²) in [5.41, 5.74) is 7.55. The lowest BCUT2D eigenvalue weighted by molar-refractivity contribution is -0.141. The number of nitrogen functional groups attached to an aromatic ring is 1. The number of anilines is 4. The molecule has 0 saturated carbocycles. The largest absolute Gasteiger partial charge is 0.494 e. The van der Waals surface area contributed by atoms with Crippen molar-refractivity contribution in [3.8, 4) is 0 Å². The quantitative estimate of drug-likeness (QED) is 0.100.